The second-order valence-electron chi connectivity index (χ2n) is 7.15. The molecule has 1 atom stereocenters. The fraction of sp³-hybridized carbons (Fsp3) is 0.238. The van der Waals surface area contributed by atoms with Crippen molar-refractivity contribution in [3.05, 3.63) is 60.3 Å². The largest absolute Gasteiger partial charge is 0.442 e. The van der Waals surface area contributed by atoms with Crippen LogP contribution in [0.1, 0.15) is 5.69 Å². The summed E-state index contributed by atoms with van der Waals surface area (Å²) in [5, 5.41) is 6.59. The predicted molar refractivity (Wildman–Crippen MR) is 113 cm³/mol. The predicted octanol–water partition coefficient (Wildman–Crippen LogP) is 2.59. The number of rotatable bonds is 6. The SMILES string of the molecule is O=C1OC(CNc2ccno2)CN1c1ccc(-c2ccc(C3=NCCON3)nc2)c(F)c1. The van der Waals surface area contributed by atoms with Crippen LogP contribution in [0.2, 0.25) is 0 Å². The fourth-order valence-electron chi connectivity index (χ4n) is 3.45. The molecule has 2 N–H and O–H groups in total. The number of benzene rings is 1. The van der Waals surface area contributed by atoms with Gasteiger partial charge in [0.05, 0.1) is 38.1 Å². The van der Waals surface area contributed by atoms with Gasteiger partial charge in [0.15, 0.2) is 5.84 Å². The van der Waals surface area contributed by atoms with Crippen molar-refractivity contribution in [3.8, 4) is 11.1 Å². The molecule has 3 aromatic rings. The Morgan fingerprint density at radius 1 is 1.25 bits per heavy atom. The van der Waals surface area contributed by atoms with Crippen LogP contribution < -0.4 is 15.7 Å². The van der Waals surface area contributed by atoms with Crippen LogP contribution in [0.3, 0.4) is 0 Å². The number of halogens is 1. The zero-order valence-electron chi connectivity index (χ0n) is 16.8. The van der Waals surface area contributed by atoms with Gasteiger partial charge in [0.2, 0.25) is 5.88 Å². The summed E-state index contributed by atoms with van der Waals surface area (Å²) in [4.78, 5) is 27.5. The van der Waals surface area contributed by atoms with Gasteiger partial charge in [-0.15, -0.1) is 0 Å². The number of nitrogens with one attached hydrogen (secondary N) is 2. The first kappa shape index (κ1) is 19.9. The second kappa shape index (κ2) is 8.63. The Morgan fingerprint density at radius 2 is 2.19 bits per heavy atom. The topological polar surface area (TPSA) is 114 Å². The first-order valence-electron chi connectivity index (χ1n) is 9.99. The van der Waals surface area contributed by atoms with Gasteiger partial charge in [-0.3, -0.25) is 19.7 Å². The van der Waals surface area contributed by atoms with Crippen LogP contribution in [0, 0.1) is 5.82 Å². The van der Waals surface area contributed by atoms with E-state index < -0.39 is 18.0 Å². The quantitative estimate of drug-likeness (QED) is 0.604. The molecule has 2 aromatic heterocycles. The first-order chi connectivity index (χ1) is 15.7. The minimum atomic E-state index is -0.532. The fourth-order valence-corrected chi connectivity index (χ4v) is 3.45. The van der Waals surface area contributed by atoms with Crippen molar-refractivity contribution in [1.82, 2.24) is 15.6 Å². The highest BCUT2D eigenvalue weighted by Gasteiger charge is 2.32. The standard InChI is InChI=1S/C21H19FN6O4/c22-17-9-14(28-12-15(31-21(28)29)11-25-19-5-6-26-32-19)2-3-16(17)13-1-4-18(24-10-13)20-23-7-8-30-27-20/h1-6,9-10,15,25H,7-8,11-12H2,(H,23,27). The van der Waals surface area contributed by atoms with E-state index in [0.717, 1.165) is 0 Å². The smallest absolute Gasteiger partial charge is 0.414 e. The van der Waals surface area contributed by atoms with Crippen molar-refractivity contribution < 1.29 is 23.3 Å². The maximum atomic E-state index is 14.9. The van der Waals surface area contributed by atoms with E-state index >= 15 is 0 Å². The average molecular weight is 438 g/mol. The molecule has 5 rings (SSSR count). The van der Waals surface area contributed by atoms with Crippen molar-refractivity contribution in [2.45, 2.75) is 6.10 Å². The van der Waals surface area contributed by atoms with E-state index in [-0.39, 0.29) is 6.54 Å². The van der Waals surface area contributed by atoms with Crippen LogP contribution in [-0.4, -0.2) is 54.4 Å². The number of aromatic nitrogens is 2. The van der Waals surface area contributed by atoms with Gasteiger partial charge in [0, 0.05) is 23.4 Å². The number of pyridine rings is 1. The molecule has 0 radical (unpaired) electrons. The number of amidine groups is 1. The number of carbonyl (C=O) groups is 1. The van der Waals surface area contributed by atoms with Crippen molar-refractivity contribution in [2.75, 3.05) is 36.5 Å². The molecule has 1 unspecified atom stereocenters. The Kier molecular flexibility index (Phi) is 5.38. The number of hydroxylamine groups is 1. The summed E-state index contributed by atoms with van der Waals surface area (Å²) in [5.74, 6) is 0.552. The molecule has 1 saturated heterocycles. The van der Waals surface area contributed by atoms with Crippen LogP contribution in [0.15, 0.2) is 58.3 Å². The molecule has 1 amide bonds. The maximum Gasteiger partial charge on any atom is 0.414 e. The summed E-state index contributed by atoms with van der Waals surface area (Å²) in [6, 6.07) is 9.78. The van der Waals surface area contributed by atoms with Crippen molar-refractivity contribution in [3.63, 3.8) is 0 Å². The van der Waals surface area contributed by atoms with Crippen LogP contribution >= 0.6 is 0 Å². The molecule has 1 aromatic carbocycles. The third-order valence-corrected chi connectivity index (χ3v) is 5.03. The van der Waals surface area contributed by atoms with Crippen LogP contribution in [0.25, 0.3) is 11.1 Å². The number of nitrogens with zero attached hydrogens (tertiary/aromatic N) is 4. The summed E-state index contributed by atoms with van der Waals surface area (Å²) < 4.78 is 25.2. The highest BCUT2D eigenvalue weighted by molar-refractivity contribution is 5.96. The summed E-state index contributed by atoms with van der Waals surface area (Å²) in [7, 11) is 0. The highest BCUT2D eigenvalue weighted by atomic mass is 19.1. The molecule has 0 aliphatic carbocycles. The van der Waals surface area contributed by atoms with Crippen LogP contribution in [0.4, 0.5) is 20.8 Å². The van der Waals surface area contributed by atoms with Crippen molar-refractivity contribution >= 4 is 23.5 Å². The lowest BCUT2D eigenvalue weighted by Crippen LogP contribution is -2.31. The summed E-state index contributed by atoms with van der Waals surface area (Å²) in [6.07, 6.45) is 2.14. The molecule has 32 heavy (non-hydrogen) atoms. The third kappa shape index (κ3) is 4.10. The average Bonchev–Trinajstić information content (AvgIpc) is 3.48. The number of hydrogen-bond donors (Lipinski definition) is 2. The number of amides is 1. The Labute approximate surface area is 182 Å². The number of cyclic esters (lactones) is 1. The van der Waals surface area contributed by atoms with Gasteiger partial charge < -0.3 is 14.6 Å². The summed E-state index contributed by atoms with van der Waals surface area (Å²) in [5.41, 5.74) is 4.72. The number of ether oxygens (including phenoxy) is 1. The zero-order chi connectivity index (χ0) is 21.9. The van der Waals surface area contributed by atoms with E-state index in [4.69, 9.17) is 14.1 Å². The minimum absolute atomic E-state index is 0.284. The van der Waals surface area contributed by atoms with Gasteiger partial charge in [-0.05, 0) is 24.3 Å². The van der Waals surface area contributed by atoms with E-state index in [0.29, 0.717) is 53.9 Å². The molecule has 164 valence electrons. The molecule has 4 heterocycles. The molecule has 0 bridgehead atoms. The summed E-state index contributed by atoms with van der Waals surface area (Å²) >= 11 is 0. The van der Waals surface area contributed by atoms with Gasteiger partial charge in [-0.1, -0.05) is 11.2 Å². The third-order valence-electron chi connectivity index (χ3n) is 5.03. The Balaban J connectivity index is 1.28. The highest BCUT2D eigenvalue weighted by Crippen LogP contribution is 2.29. The van der Waals surface area contributed by atoms with Crippen molar-refractivity contribution in [1.29, 1.82) is 0 Å². The number of carbonyl (C=O) groups excluding carboxylic acids is 1. The number of anilines is 2. The van der Waals surface area contributed by atoms with E-state index in [1.807, 2.05) is 0 Å². The maximum absolute atomic E-state index is 14.9. The monoisotopic (exact) mass is 438 g/mol. The first-order valence-corrected chi connectivity index (χ1v) is 9.99. The zero-order valence-corrected chi connectivity index (χ0v) is 16.8. The lowest BCUT2D eigenvalue weighted by Gasteiger charge is -2.15. The van der Waals surface area contributed by atoms with E-state index in [9.17, 15) is 9.18 Å². The molecule has 1 fully saturated rings. The molecule has 10 nitrogen and oxygen atoms in total. The van der Waals surface area contributed by atoms with Gasteiger partial charge in [-0.2, -0.15) is 0 Å². The van der Waals surface area contributed by atoms with Gasteiger partial charge in [0.25, 0.3) is 0 Å². The second-order valence-corrected chi connectivity index (χ2v) is 7.15. The molecular formula is C21H19FN6O4. The van der Waals surface area contributed by atoms with E-state index in [2.05, 4.69) is 25.9 Å². The Bertz CT molecular complexity index is 1140. The van der Waals surface area contributed by atoms with E-state index in [1.165, 1.54) is 17.2 Å². The number of hydrogen-bond acceptors (Lipinski definition) is 9. The van der Waals surface area contributed by atoms with E-state index in [1.54, 1.807) is 36.5 Å². The summed E-state index contributed by atoms with van der Waals surface area (Å²) in [6.45, 7) is 1.69. The number of aliphatic imine (C=N–C) groups is 1. The lowest BCUT2D eigenvalue weighted by atomic mass is 10.1. The Hall–Kier alpha value is -3.99. The van der Waals surface area contributed by atoms with Gasteiger partial charge >= 0.3 is 6.09 Å². The Morgan fingerprint density at radius 3 is 2.91 bits per heavy atom. The lowest BCUT2D eigenvalue weighted by molar-refractivity contribution is 0.0824. The van der Waals surface area contributed by atoms with Gasteiger partial charge in [0.1, 0.15) is 17.6 Å². The molecule has 2 aliphatic heterocycles. The molecule has 2 aliphatic rings. The van der Waals surface area contributed by atoms with Crippen LogP contribution in [0.5, 0.6) is 0 Å². The van der Waals surface area contributed by atoms with Crippen molar-refractivity contribution in [2.24, 2.45) is 4.99 Å². The normalized spacial score (nSPS) is 18.2. The molecule has 0 spiro atoms. The molecule has 0 saturated carbocycles. The van der Waals surface area contributed by atoms with Crippen LogP contribution in [-0.2, 0) is 9.57 Å². The van der Waals surface area contributed by atoms with Gasteiger partial charge in [-0.25, -0.2) is 14.7 Å². The molecular weight excluding hydrogens is 419 g/mol. The molecule has 11 heteroatoms. The minimum Gasteiger partial charge on any atom is -0.442 e.